The summed E-state index contributed by atoms with van der Waals surface area (Å²) in [4.78, 5) is 11.5. The minimum Gasteiger partial charge on any atom is -0.512 e. The van der Waals surface area contributed by atoms with Crippen LogP contribution in [0, 0.1) is 0 Å². The van der Waals surface area contributed by atoms with Gasteiger partial charge in [-0.05, 0) is 18.6 Å². The zero-order valence-corrected chi connectivity index (χ0v) is 9.69. The van der Waals surface area contributed by atoms with Gasteiger partial charge < -0.3 is 5.11 Å². The van der Waals surface area contributed by atoms with Crippen LogP contribution >= 0.6 is 11.8 Å². The molecule has 0 spiro atoms. The van der Waals surface area contributed by atoms with E-state index in [0.717, 1.165) is 18.6 Å². The van der Waals surface area contributed by atoms with Gasteiger partial charge in [-0.15, -0.1) is 0 Å². The number of rotatable bonds is 4. The summed E-state index contributed by atoms with van der Waals surface area (Å²) in [5, 5.41) is 10.0. The number of thioether (sulfide) groups is 1. The van der Waals surface area contributed by atoms with Gasteiger partial charge in [-0.1, -0.05) is 13.8 Å². The van der Waals surface area contributed by atoms with Crippen LogP contribution in [0.1, 0.15) is 39.5 Å². The molecule has 0 aliphatic heterocycles. The minimum absolute atomic E-state index is 0.150. The van der Waals surface area contributed by atoms with E-state index >= 15 is 0 Å². The second kappa shape index (κ2) is 5.44. The van der Waals surface area contributed by atoms with E-state index in [0.29, 0.717) is 29.4 Å². The summed E-state index contributed by atoms with van der Waals surface area (Å²) in [7, 11) is 0. The van der Waals surface area contributed by atoms with Crippen LogP contribution in [0.2, 0.25) is 0 Å². The Bertz CT molecular complexity index is 246. The molecule has 80 valence electrons. The molecule has 1 rings (SSSR count). The third kappa shape index (κ3) is 3.05. The highest BCUT2D eigenvalue weighted by atomic mass is 32.2. The third-order valence-corrected chi connectivity index (χ3v) is 3.51. The number of Topliss-reactive ketones (excluding diaryl/α,β-unsaturated/α-hetero) is 1. The quantitative estimate of drug-likeness (QED) is 0.781. The van der Waals surface area contributed by atoms with E-state index in [-0.39, 0.29) is 5.78 Å². The zero-order chi connectivity index (χ0) is 10.6. The topological polar surface area (TPSA) is 37.3 Å². The number of allylic oxidation sites excluding steroid dienone is 2. The average Bonchev–Trinajstić information content (AvgIpc) is 2.12. The second-order valence-electron chi connectivity index (χ2n) is 3.67. The summed E-state index contributed by atoms with van der Waals surface area (Å²) in [5.41, 5.74) is 0.685. The van der Waals surface area contributed by atoms with Crippen LogP contribution in [0.4, 0.5) is 0 Å². The van der Waals surface area contributed by atoms with E-state index in [2.05, 4.69) is 13.8 Å². The van der Waals surface area contributed by atoms with Crippen LogP contribution in [0.25, 0.3) is 0 Å². The van der Waals surface area contributed by atoms with Crippen LogP contribution < -0.4 is 0 Å². The summed E-state index contributed by atoms with van der Waals surface area (Å²) in [6.07, 6.45) is 2.83. The van der Waals surface area contributed by atoms with E-state index in [1.807, 2.05) is 11.8 Å². The van der Waals surface area contributed by atoms with Crippen molar-refractivity contribution >= 4 is 17.5 Å². The predicted molar refractivity (Wildman–Crippen MR) is 60.7 cm³/mol. The van der Waals surface area contributed by atoms with Gasteiger partial charge in [-0.3, -0.25) is 4.79 Å². The molecule has 2 nitrogen and oxygen atoms in total. The first-order valence-corrected chi connectivity index (χ1v) is 6.25. The van der Waals surface area contributed by atoms with E-state index in [1.165, 1.54) is 0 Å². The standard InChI is InChI=1S/C11H18O2S/c1-3-14-8(2)7-9-10(12)5-4-6-11(9)13/h8,12H,3-7H2,1-2H3. The monoisotopic (exact) mass is 214 g/mol. The summed E-state index contributed by atoms with van der Waals surface area (Å²) in [5.74, 6) is 1.55. The van der Waals surface area contributed by atoms with E-state index in [4.69, 9.17) is 0 Å². The fraction of sp³-hybridized carbons (Fsp3) is 0.727. The molecule has 3 heteroatoms. The lowest BCUT2D eigenvalue weighted by atomic mass is 9.93. The highest BCUT2D eigenvalue weighted by Crippen LogP contribution is 2.27. The summed E-state index contributed by atoms with van der Waals surface area (Å²) < 4.78 is 0. The molecule has 0 fully saturated rings. The maximum atomic E-state index is 11.5. The van der Waals surface area contributed by atoms with E-state index < -0.39 is 0 Å². The van der Waals surface area contributed by atoms with Gasteiger partial charge in [0.05, 0.1) is 5.76 Å². The number of hydrogen-bond donors (Lipinski definition) is 1. The molecule has 1 aliphatic carbocycles. The van der Waals surface area contributed by atoms with Gasteiger partial charge in [0.1, 0.15) is 0 Å². The smallest absolute Gasteiger partial charge is 0.162 e. The molecule has 0 aromatic carbocycles. The molecule has 0 saturated heterocycles. The summed E-state index contributed by atoms with van der Waals surface area (Å²) in [6, 6.07) is 0. The fourth-order valence-electron chi connectivity index (χ4n) is 1.74. The number of aliphatic hydroxyl groups is 1. The van der Waals surface area contributed by atoms with Crippen molar-refractivity contribution in [3.63, 3.8) is 0 Å². The molecule has 0 saturated carbocycles. The van der Waals surface area contributed by atoms with Crippen LogP contribution in [0.15, 0.2) is 11.3 Å². The molecule has 1 atom stereocenters. The molecule has 1 aliphatic rings. The van der Waals surface area contributed by atoms with Crippen LogP contribution in [-0.4, -0.2) is 21.9 Å². The van der Waals surface area contributed by atoms with Gasteiger partial charge in [-0.25, -0.2) is 0 Å². The Morgan fingerprint density at radius 2 is 2.21 bits per heavy atom. The number of aliphatic hydroxyl groups excluding tert-OH is 1. The van der Waals surface area contributed by atoms with Crippen LogP contribution in [0.3, 0.4) is 0 Å². The third-order valence-electron chi connectivity index (χ3n) is 2.45. The normalized spacial score (nSPS) is 20.0. The number of carbonyl (C=O) groups is 1. The molecule has 0 heterocycles. The van der Waals surface area contributed by atoms with Gasteiger partial charge in [0.15, 0.2) is 5.78 Å². The van der Waals surface area contributed by atoms with Crippen molar-refractivity contribution in [2.45, 2.75) is 44.8 Å². The molecular weight excluding hydrogens is 196 g/mol. The SMILES string of the molecule is CCSC(C)CC1=C(O)CCCC1=O. The Morgan fingerprint density at radius 1 is 1.50 bits per heavy atom. The van der Waals surface area contributed by atoms with Gasteiger partial charge in [0, 0.05) is 23.7 Å². The Balaban J connectivity index is 2.60. The maximum Gasteiger partial charge on any atom is 0.162 e. The highest BCUT2D eigenvalue weighted by Gasteiger charge is 2.21. The highest BCUT2D eigenvalue weighted by molar-refractivity contribution is 7.99. The van der Waals surface area contributed by atoms with Crippen LogP contribution in [-0.2, 0) is 4.79 Å². The van der Waals surface area contributed by atoms with Crippen molar-refractivity contribution in [2.24, 2.45) is 0 Å². The van der Waals surface area contributed by atoms with Gasteiger partial charge in [0.2, 0.25) is 0 Å². The molecule has 0 bridgehead atoms. The Morgan fingerprint density at radius 3 is 2.79 bits per heavy atom. The van der Waals surface area contributed by atoms with Crippen molar-refractivity contribution < 1.29 is 9.90 Å². The van der Waals surface area contributed by atoms with Crippen molar-refractivity contribution in [1.82, 2.24) is 0 Å². The zero-order valence-electron chi connectivity index (χ0n) is 8.88. The Labute approximate surface area is 89.8 Å². The van der Waals surface area contributed by atoms with Gasteiger partial charge >= 0.3 is 0 Å². The second-order valence-corrected chi connectivity index (χ2v) is 5.39. The number of carbonyl (C=O) groups excluding carboxylic acids is 1. The van der Waals surface area contributed by atoms with E-state index in [9.17, 15) is 9.90 Å². The number of ketones is 1. The first kappa shape index (κ1) is 11.6. The Kier molecular flexibility index (Phi) is 4.52. The predicted octanol–water partition coefficient (Wildman–Crippen LogP) is 3.08. The molecule has 0 amide bonds. The number of hydrogen-bond acceptors (Lipinski definition) is 3. The van der Waals surface area contributed by atoms with Crippen molar-refractivity contribution in [2.75, 3.05) is 5.75 Å². The molecule has 0 aromatic rings. The average molecular weight is 214 g/mol. The molecule has 14 heavy (non-hydrogen) atoms. The molecule has 0 aromatic heterocycles. The molecule has 1 N–H and O–H groups in total. The fourth-order valence-corrected chi connectivity index (χ4v) is 2.60. The largest absolute Gasteiger partial charge is 0.512 e. The van der Waals surface area contributed by atoms with Gasteiger partial charge in [0.25, 0.3) is 0 Å². The van der Waals surface area contributed by atoms with Crippen molar-refractivity contribution in [3.05, 3.63) is 11.3 Å². The van der Waals surface area contributed by atoms with Crippen molar-refractivity contribution in [1.29, 1.82) is 0 Å². The molecular formula is C11H18O2S. The Hall–Kier alpha value is -0.440. The van der Waals surface area contributed by atoms with Crippen molar-refractivity contribution in [3.8, 4) is 0 Å². The lowest BCUT2D eigenvalue weighted by molar-refractivity contribution is -0.116. The van der Waals surface area contributed by atoms with Gasteiger partial charge in [-0.2, -0.15) is 11.8 Å². The first-order chi connectivity index (χ1) is 6.65. The lowest BCUT2D eigenvalue weighted by Gasteiger charge is -2.17. The first-order valence-electron chi connectivity index (χ1n) is 5.21. The van der Waals surface area contributed by atoms with E-state index in [1.54, 1.807) is 0 Å². The molecule has 1 unspecified atom stereocenters. The minimum atomic E-state index is 0.150. The molecule has 0 radical (unpaired) electrons. The summed E-state index contributed by atoms with van der Waals surface area (Å²) in [6.45, 7) is 4.22. The van der Waals surface area contributed by atoms with Crippen LogP contribution in [0.5, 0.6) is 0 Å². The summed E-state index contributed by atoms with van der Waals surface area (Å²) >= 11 is 1.83. The maximum absolute atomic E-state index is 11.5. The lowest BCUT2D eigenvalue weighted by Crippen LogP contribution is -2.15.